The number of carbonyl (C=O) groups is 2. The van der Waals surface area contributed by atoms with E-state index in [-0.39, 0.29) is 0 Å². The highest BCUT2D eigenvalue weighted by atomic mass is 32.2. The highest BCUT2D eigenvalue weighted by Crippen LogP contribution is 2.13. The number of thioether (sulfide) groups is 1. The third kappa shape index (κ3) is 2.30. The van der Waals surface area contributed by atoms with Gasteiger partial charge in [0.25, 0.3) is 0 Å². The average molecular weight is 176 g/mol. The van der Waals surface area contributed by atoms with E-state index in [1.54, 1.807) is 11.8 Å². The lowest BCUT2D eigenvalue weighted by atomic mass is 10.7. The number of nitrogens with zero attached hydrogens (tertiary/aromatic N) is 1. The number of rotatable bonds is 0. The second-order valence-electron chi connectivity index (χ2n) is 1.99. The molecule has 2 N–H and O–H groups in total. The Morgan fingerprint density at radius 1 is 1.55 bits per heavy atom. The molecule has 0 saturated carbocycles. The van der Waals surface area contributed by atoms with Crippen molar-refractivity contribution in [1.82, 2.24) is 4.90 Å². The van der Waals surface area contributed by atoms with Crippen LogP contribution < -0.4 is 5.73 Å². The summed E-state index contributed by atoms with van der Waals surface area (Å²) < 4.78 is 4.15. The number of hydrogen-bond acceptors (Lipinski definition) is 4. The second-order valence-corrected chi connectivity index (χ2v) is 3.06. The van der Waals surface area contributed by atoms with E-state index in [1.165, 1.54) is 4.90 Å². The Morgan fingerprint density at radius 3 is 2.73 bits per heavy atom. The Labute approximate surface area is 67.9 Å². The van der Waals surface area contributed by atoms with Crippen LogP contribution in [0.5, 0.6) is 0 Å². The van der Waals surface area contributed by atoms with Gasteiger partial charge in [-0.25, -0.2) is 9.59 Å². The van der Waals surface area contributed by atoms with Crippen LogP contribution in [0.4, 0.5) is 9.59 Å². The van der Waals surface area contributed by atoms with Crippen LogP contribution in [0.3, 0.4) is 0 Å². The lowest BCUT2D eigenvalue weighted by molar-refractivity contribution is 0.131. The molecule has 0 radical (unpaired) electrons. The van der Waals surface area contributed by atoms with E-state index < -0.39 is 12.2 Å². The first-order chi connectivity index (χ1) is 5.20. The monoisotopic (exact) mass is 176 g/mol. The predicted octanol–water partition coefficient (Wildman–Crippen LogP) is 0.208. The quantitative estimate of drug-likeness (QED) is 0.535. The van der Waals surface area contributed by atoms with E-state index >= 15 is 0 Å². The van der Waals surface area contributed by atoms with Crippen molar-refractivity contribution in [1.29, 1.82) is 0 Å². The van der Waals surface area contributed by atoms with Gasteiger partial charge in [-0.05, 0) is 0 Å². The number of amides is 2. The summed E-state index contributed by atoms with van der Waals surface area (Å²) in [6.45, 7) is 0.622. The van der Waals surface area contributed by atoms with Gasteiger partial charge >= 0.3 is 12.2 Å². The summed E-state index contributed by atoms with van der Waals surface area (Å²) in [5.74, 6) is 1.46. The summed E-state index contributed by atoms with van der Waals surface area (Å²) in [4.78, 5) is 22.4. The molecule has 0 aromatic rings. The zero-order valence-corrected chi connectivity index (χ0v) is 6.60. The lowest BCUT2D eigenvalue weighted by Gasteiger charge is -2.11. The molecule has 62 valence electrons. The molecule has 1 rings (SSSR count). The third-order valence-electron chi connectivity index (χ3n) is 1.20. The van der Waals surface area contributed by atoms with Gasteiger partial charge in [-0.3, -0.25) is 4.90 Å². The molecular weight excluding hydrogens is 168 g/mol. The molecule has 2 amide bonds. The normalized spacial score (nSPS) is 16.5. The van der Waals surface area contributed by atoms with Gasteiger partial charge in [-0.2, -0.15) is 0 Å². The van der Waals surface area contributed by atoms with Gasteiger partial charge in [0.15, 0.2) is 0 Å². The zero-order valence-electron chi connectivity index (χ0n) is 5.78. The van der Waals surface area contributed by atoms with Crippen molar-refractivity contribution in [3.05, 3.63) is 0 Å². The smallest absolute Gasteiger partial charge is 0.359 e. The molecule has 0 unspecified atom stereocenters. The molecule has 0 aromatic carbocycles. The molecule has 1 heterocycles. The van der Waals surface area contributed by atoms with Gasteiger partial charge in [-0.15, -0.1) is 11.8 Å². The third-order valence-corrected chi connectivity index (χ3v) is 2.16. The summed E-state index contributed by atoms with van der Waals surface area (Å²) in [6.07, 6.45) is -1.70. The Hall–Kier alpha value is -0.910. The number of carbonyl (C=O) groups excluding carboxylic acids is 2. The summed E-state index contributed by atoms with van der Waals surface area (Å²) in [5.41, 5.74) is 4.65. The van der Waals surface area contributed by atoms with Gasteiger partial charge in [0.2, 0.25) is 0 Å². The van der Waals surface area contributed by atoms with Crippen molar-refractivity contribution < 1.29 is 14.3 Å². The van der Waals surface area contributed by atoms with E-state index in [0.29, 0.717) is 12.4 Å². The molecule has 1 aliphatic heterocycles. The maximum atomic E-state index is 10.8. The maximum Gasteiger partial charge on any atom is 0.419 e. The number of ether oxygens (including phenoxy) is 1. The molecule has 0 bridgehead atoms. The van der Waals surface area contributed by atoms with Crippen LogP contribution in [0.25, 0.3) is 0 Å². The molecular formula is C5H8N2O3S. The minimum atomic E-state index is -1.05. The van der Waals surface area contributed by atoms with Crippen LogP contribution in [0, 0.1) is 0 Å². The summed E-state index contributed by atoms with van der Waals surface area (Å²) in [5, 5.41) is 0. The molecule has 0 atom stereocenters. The Morgan fingerprint density at radius 2 is 2.27 bits per heavy atom. The van der Waals surface area contributed by atoms with Crippen molar-refractivity contribution in [2.24, 2.45) is 5.73 Å². The molecule has 1 saturated heterocycles. The fraction of sp³-hybridized carbons (Fsp3) is 0.600. The van der Waals surface area contributed by atoms with Gasteiger partial charge < -0.3 is 10.5 Å². The SMILES string of the molecule is NC(=O)OC(=O)N1CCSC1. The van der Waals surface area contributed by atoms with E-state index in [1.807, 2.05) is 0 Å². The van der Waals surface area contributed by atoms with Crippen LogP contribution in [0.2, 0.25) is 0 Å². The number of hydrogen-bond donors (Lipinski definition) is 1. The first-order valence-electron chi connectivity index (χ1n) is 3.04. The highest BCUT2D eigenvalue weighted by molar-refractivity contribution is 7.99. The zero-order chi connectivity index (χ0) is 8.27. The molecule has 0 aliphatic carbocycles. The number of primary amides is 1. The largest absolute Gasteiger partial charge is 0.419 e. The second kappa shape index (κ2) is 3.47. The standard InChI is InChI=1S/C5H8N2O3S/c6-4(8)10-5(9)7-1-2-11-3-7/h1-3H2,(H2,6,8). The molecule has 0 spiro atoms. The van der Waals surface area contributed by atoms with Crippen molar-refractivity contribution >= 4 is 23.9 Å². The van der Waals surface area contributed by atoms with Crippen LogP contribution in [0.1, 0.15) is 0 Å². The van der Waals surface area contributed by atoms with Crippen LogP contribution in [-0.4, -0.2) is 35.3 Å². The van der Waals surface area contributed by atoms with Gasteiger partial charge in [0.1, 0.15) is 0 Å². The highest BCUT2D eigenvalue weighted by Gasteiger charge is 2.20. The molecule has 1 fully saturated rings. The Bertz CT molecular complexity index is 179. The minimum Gasteiger partial charge on any atom is -0.359 e. The maximum absolute atomic E-state index is 10.8. The molecule has 0 aromatic heterocycles. The molecule has 6 heteroatoms. The van der Waals surface area contributed by atoms with Gasteiger partial charge in [0.05, 0.1) is 5.88 Å². The molecule has 11 heavy (non-hydrogen) atoms. The van der Waals surface area contributed by atoms with Crippen molar-refractivity contribution in [2.75, 3.05) is 18.2 Å². The minimum absolute atomic E-state index is 0.576. The first-order valence-corrected chi connectivity index (χ1v) is 4.19. The lowest BCUT2D eigenvalue weighted by Crippen LogP contribution is -2.32. The Kier molecular flexibility index (Phi) is 2.58. The average Bonchev–Trinajstić information content (AvgIpc) is 2.35. The fourth-order valence-corrected chi connectivity index (χ4v) is 1.64. The molecule has 1 aliphatic rings. The fourth-order valence-electron chi connectivity index (χ4n) is 0.709. The van der Waals surface area contributed by atoms with Crippen molar-refractivity contribution in [2.45, 2.75) is 0 Å². The van der Waals surface area contributed by atoms with Gasteiger partial charge in [0, 0.05) is 12.3 Å². The Balaban J connectivity index is 2.34. The van der Waals surface area contributed by atoms with Crippen LogP contribution in [0.15, 0.2) is 0 Å². The summed E-state index contributed by atoms with van der Waals surface area (Å²) in [6, 6.07) is 0. The van der Waals surface area contributed by atoms with Crippen molar-refractivity contribution in [3.8, 4) is 0 Å². The summed E-state index contributed by atoms with van der Waals surface area (Å²) >= 11 is 1.61. The van der Waals surface area contributed by atoms with E-state index in [9.17, 15) is 9.59 Å². The van der Waals surface area contributed by atoms with Gasteiger partial charge in [-0.1, -0.05) is 0 Å². The van der Waals surface area contributed by atoms with Crippen LogP contribution in [-0.2, 0) is 4.74 Å². The topological polar surface area (TPSA) is 72.6 Å². The van der Waals surface area contributed by atoms with E-state index in [4.69, 9.17) is 0 Å². The number of nitrogens with two attached hydrogens (primary N) is 1. The molecule has 5 nitrogen and oxygen atoms in total. The summed E-state index contributed by atoms with van der Waals surface area (Å²) in [7, 11) is 0. The predicted molar refractivity (Wildman–Crippen MR) is 40.1 cm³/mol. The van der Waals surface area contributed by atoms with Crippen LogP contribution >= 0.6 is 11.8 Å². The first kappa shape index (κ1) is 8.19. The van der Waals surface area contributed by atoms with E-state index in [0.717, 1.165) is 5.75 Å². The van der Waals surface area contributed by atoms with Crippen molar-refractivity contribution in [3.63, 3.8) is 0 Å². The van der Waals surface area contributed by atoms with E-state index in [2.05, 4.69) is 10.5 Å².